The van der Waals surface area contributed by atoms with Crippen LogP contribution in [0.3, 0.4) is 0 Å². The van der Waals surface area contributed by atoms with Crippen LogP contribution in [0.4, 0.5) is 0 Å². The summed E-state index contributed by atoms with van der Waals surface area (Å²) in [6, 6.07) is 0. The van der Waals surface area contributed by atoms with Gasteiger partial charge in [-0.05, 0) is 54.8 Å². The highest BCUT2D eigenvalue weighted by Crippen LogP contribution is 2.80. The van der Waals surface area contributed by atoms with Crippen LogP contribution >= 0.6 is 0 Å². The Bertz CT molecular complexity index is 176. The van der Waals surface area contributed by atoms with Gasteiger partial charge in [0.05, 0.1) is 0 Å². The smallest absolute Gasteiger partial charge is 0.0318 e. The Labute approximate surface area is 55.6 Å². The van der Waals surface area contributed by atoms with Crippen molar-refractivity contribution in [2.24, 2.45) is 35.5 Å². The highest BCUT2D eigenvalue weighted by Gasteiger charge is 2.74. The Morgan fingerprint density at radius 1 is 0.667 bits per heavy atom. The molecule has 0 aromatic carbocycles. The maximum atomic E-state index is 1.64. The lowest BCUT2D eigenvalue weighted by atomic mass is 10.0. The number of fused-ring (bicyclic) bond motifs is 4. The summed E-state index contributed by atoms with van der Waals surface area (Å²) in [6.45, 7) is 0. The molecule has 6 unspecified atom stereocenters. The molecular weight excluding hydrogens is 108 g/mol. The second kappa shape index (κ2) is 0.889. The largest absolute Gasteiger partial charge is 0.0496 e. The molecule has 9 heavy (non-hydrogen) atoms. The normalized spacial score (nSPS) is 80.0. The van der Waals surface area contributed by atoms with Gasteiger partial charge >= 0.3 is 0 Å². The highest BCUT2D eigenvalue weighted by molar-refractivity contribution is 5.22. The van der Waals surface area contributed by atoms with Gasteiger partial charge in [-0.3, -0.25) is 0 Å². The van der Waals surface area contributed by atoms with Gasteiger partial charge in [-0.2, -0.15) is 0 Å². The molecule has 4 fully saturated rings. The third kappa shape index (κ3) is 0.264. The molecule has 0 spiro atoms. The van der Waals surface area contributed by atoms with Crippen molar-refractivity contribution < 1.29 is 0 Å². The molecule has 0 nitrogen and oxygen atoms in total. The van der Waals surface area contributed by atoms with E-state index in [4.69, 9.17) is 0 Å². The molecule has 0 aromatic rings. The third-order valence-corrected chi connectivity index (χ3v) is 4.56. The quantitative estimate of drug-likeness (QED) is 0.458. The van der Waals surface area contributed by atoms with E-state index >= 15 is 0 Å². The topological polar surface area (TPSA) is 0 Å². The molecule has 0 heterocycles. The number of rotatable bonds is 0. The molecule has 0 amide bonds. The van der Waals surface area contributed by atoms with Gasteiger partial charge in [-0.15, -0.1) is 0 Å². The molecule has 4 aliphatic carbocycles. The third-order valence-electron chi connectivity index (χ3n) is 4.56. The lowest BCUT2D eigenvalue weighted by molar-refractivity contribution is 0.450. The Morgan fingerprint density at radius 2 is 1.44 bits per heavy atom. The maximum Gasteiger partial charge on any atom is -0.0318 e. The summed E-state index contributed by atoms with van der Waals surface area (Å²) >= 11 is 0. The molecule has 48 valence electrons. The van der Waals surface area contributed by atoms with Crippen molar-refractivity contribution in [3.05, 3.63) is 0 Å². The molecule has 0 radical (unpaired) electrons. The minimum atomic E-state index is 1.25. The van der Waals surface area contributed by atoms with E-state index in [1.165, 1.54) is 35.5 Å². The van der Waals surface area contributed by atoms with E-state index in [0.29, 0.717) is 0 Å². The van der Waals surface area contributed by atoms with E-state index in [-0.39, 0.29) is 0 Å². The van der Waals surface area contributed by atoms with Crippen LogP contribution in [0, 0.1) is 35.5 Å². The van der Waals surface area contributed by atoms with E-state index in [1.54, 1.807) is 19.3 Å². The highest BCUT2D eigenvalue weighted by atomic mass is 14.8. The van der Waals surface area contributed by atoms with Gasteiger partial charge < -0.3 is 0 Å². The number of hydrogen-bond donors (Lipinski definition) is 0. The average Bonchev–Trinajstić information content (AvgIpc) is 2.67. The molecular formula is C9H12. The summed E-state index contributed by atoms with van der Waals surface area (Å²) in [7, 11) is 0. The van der Waals surface area contributed by atoms with Crippen LogP contribution in [-0.4, -0.2) is 0 Å². The molecule has 0 bridgehead atoms. The van der Waals surface area contributed by atoms with Crippen LogP contribution < -0.4 is 0 Å². The number of hydrogen-bond acceptors (Lipinski definition) is 0. The fraction of sp³-hybridized carbons (Fsp3) is 1.00. The monoisotopic (exact) mass is 120 g/mol. The molecule has 0 aliphatic heterocycles. The van der Waals surface area contributed by atoms with Crippen LogP contribution in [0.15, 0.2) is 0 Å². The van der Waals surface area contributed by atoms with Crippen LogP contribution in [0.1, 0.15) is 19.3 Å². The summed E-state index contributed by atoms with van der Waals surface area (Å²) in [5.74, 6) is 7.62. The van der Waals surface area contributed by atoms with E-state index in [2.05, 4.69) is 0 Å². The van der Waals surface area contributed by atoms with E-state index in [9.17, 15) is 0 Å². The lowest BCUT2D eigenvalue weighted by Gasteiger charge is -2.04. The Kier molecular flexibility index (Phi) is 0.395. The first-order chi connectivity index (χ1) is 4.47. The molecule has 4 rings (SSSR count). The van der Waals surface area contributed by atoms with Gasteiger partial charge in [0.2, 0.25) is 0 Å². The van der Waals surface area contributed by atoms with Gasteiger partial charge in [0.25, 0.3) is 0 Å². The molecule has 0 heteroatoms. The summed E-state index contributed by atoms with van der Waals surface area (Å²) in [5.41, 5.74) is 0. The first kappa shape index (κ1) is 4.00. The van der Waals surface area contributed by atoms with E-state index in [0.717, 1.165) is 0 Å². The first-order valence-electron chi connectivity index (χ1n) is 4.47. The SMILES string of the molecule is C1CC2C3C1C1CC1C23. The minimum Gasteiger partial charge on any atom is -0.0496 e. The summed E-state index contributed by atoms with van der Waals surface area (Å²) in [4.78, 5) is 0. The van der Waals surface area contributed by atoms with Gasteiger partial charge in [0, 0.05) is 0 Å². The van der Waals surface area contributed by atoms with Crippen molar-refractivity contribution in [2.75, 3.05) is 0 Å². The Morgan fingerprint density at radius 3 is 2.22 bits per heavy atom. The van der Waals surface area contributed by atoms with E-state index < -0.39 is 0 Å². The van der Waals surface area contributed by atoms with Gasteiger partial charge in [0.1, 0.15) is 0 Å². The van der Waals surface area contributed by atoms with E-state index in [1.807, 2.05) is 0 Å². The van der Waals surface area contributed by atoms with Gasteiger partial charge in [-0.25, -0.2) is 0 Å². The minimum absolute atomic E-state index is 1.25. The molecule has 6 atom stereocenters. The van der Waals surface area contributed by atoms with Gasteiger partial charge in [-0.1, -0.05) is 0 Å². The predicted molar refractivity (Wildman–Crippen MR) is 34.8 cm³/mol. The lowest BCUT2D eigenvalue weighted by Crippen LogP contribution is -1.97. The fourth-order valence-electron chi connectivity index (χ4n) is 4.27. The maximum absolute atomic E-state index is 1.64. The predicted octanol–water partition coefficient (Wildman–Crippen LogP) is 1.91. The van der Waals surface area contributed by atoms with Crippen molar-refractivity contribution in [3.8, 4) is 0 Å². The fourth-order valence-corrected chi connectivity index (χ4v) is 4.27. The van der Waals surface area contributed by atoms with Crippen molar-refractivity contribution >= 4 is 0 Å². The van der Waals surface area contributed by atoms with Crippen molar-refractivity contribution in [3.63, 3.8) is 0 Å². The van der Waals surface area contributed by atoms with Crippen LogP contribution in [0.5, 0.6) is 0 Å². The molecule has 0 N–H and O–H groups in total. The average molecular weight is 120 g/mol. The van der Waals surface area contributed by atoms with Crippen molar-refractivity contribution in [1.29, 1.82) is 0 Å². The van der Waals surface area contributed by atoms with Crippen LogP contribution in [0.2, 0.25) is 0 Å². The first-order valence-corrected chi connectivity index (χ1v) is 4.47. The molecule has 0 saturated heterocycles. The molecule has 0 aromatic heterocycles. The second-order valence-corrected chi connectivity index (χ2v) is 4.62. The molecule has 4 saturated carbocycles. The van der Waals surface area contributed by atoms with Crippen molar-refractivity contribution in [1.82, 2.24) is 0 Å². The zero-order chi connectivity index (χ0) is 5.59. The zero-order valence-electron chi connectivity index (χ0n) is 5.59. The summed E-state index contributed by atoms with van der Waals surface area (Å²) in [6.07, 6.45) is 4.88. The van der Waals surface area contributed by atoms with Crippen LogP contribution in [-0.2, 0) is 0 Å². The summed E-state index contributed by atoms with van der Waals surface area (Å²) in [5, 5.41) is 0. The van der Waals surface area contributed by atoms with Crippen molar-refractivity contribution in [2.45, 2.75) is 19.3 Å². The Hall–Kier alpha value is 0. The van der Waals surface area contributed by atoms with Crippen LogP contribution in [0.25, 0.3) is 0 Å². The second-order valence-electron chi connectivity index (χ2n) is 4.62. The summed E-state index contributed by atoms with van der Waals surface area (Å²) < 4.78 is 0. The molecule has 4 aliphatic rings. The Balaban J connectivity index is 1.91. The zero-order valence-corrected chi connectivity index (χ0v) is 5.59. The standard InChI is InChI=1S/C9H12/c1-2-5-8-4(1)6-3-7(6)9(5)8/h4-9H,1-3H2. The van der Waals surface area contributed by atoms with Gasteiger partial charge in [0.15, 0.2) is 0 Å².